The van der Waals surface area contributed by atoms with Crippen LogP contribution in [-0.4, -0.2) is 34.1 Å². The summed E-state index contributed by atoms with van der Waals surface area (Å²) < 4.78 is 37.6. The van der Waals surface area contributed by atoms with Gasteiger partial charge in [0.15, 0.2) is 5.13 Å². The molecule has 22 heavy (non-hydrogen) atoms. The number of anilines is 2. The summed E-state index contributed by atoms with van der Waals surface area (Å²) >= 11 is 0.645. The molecule has 1 fully saturated rings. The van der Waals surface area contributed by atoms with E-state index in [1.807, 2.05) is 0 Å². The number of piperidine rings is 1. The summed E-state index contributed by atoms with van der Waals surface area (Å²) in [5.74, 6) is 0.689. The second-order valence-electron chi connectivity index (χ2n) is 4.98. The van der Waals surface area contributed by atoms with E-state index in [0.717, 1.165) is 32.1 Å². The SMILES string of the molecule is FC(F)(F)c1cnc(NC2CCN(c3ncccn3)CC2)s1. The van der Waals surface area contributed by atoms with E-state index >= 15 is 0 Å². The van der Waals surface area contributed by atoms with Crippen LogP contribution in [0.3, 0.4) is 0 Å². The maximum Gasteiger partial charge on any atom is 0.427 e. The number of alkyl halides is 3. The summed E-state index contributed by atoms with van der Waals surface area (Å²) in [7, 11) is 0. The molecule has 9 heteroatoms. The molecule has 1 saturated heterocycles. The lowest BCUT2D eigenvalue weighted by Gasteiger charge is -2.32. The molecule has 3 heterocycles. The Hall–Kier alpha value is -1.90. The molecular formula is C13H14F3N5S. The number of rotatable bonds is 3. The van der Waals surface area contributed by atoms with Gasteiger partial charge in [-0.1, -0.05) is 11.3 Å². The van der Waals surface area contributed by atoms with E-state index in [-0.39, 0.29) is 6.04 Å². The van der Waals surface area contributed by atoms with Crippen LogP contribution in [-0.2, 0) is 6.18 Å². The second kappa shape index (κ2) is 6.07. The number of thiazole rings is 1. The predicted molar refractivity (Wildman–Crippen MR) is 78.0 cm³/mol. The van der Waals surface area contributed by atoms with Crippen molar-refractivity contribution in [3.05, 3.63) is 29.5 Å². The normalized spacial score (nSPS) is 16.8. The summed E-state index contributed by atoms with van der Waals surface area (Å²) in [6, 6.07) is 1.88. The molecule has 0 atom stereocenters. The minimum Gasteiger partial charge on any atom is -0.359 e. The number of halogens is 3. The molecule has 0 bridgehead atoms. The predicted octanol–water partition coefficient (Wildman–Crippen LogP) is 3.03. The van der Waals surface area contributed by atoms with E-state index in [4.69, 9.17) is 0 Å². The Labute approximate surface area is 129 Å². The quantitative estimate of drug-likeness (QED) is 0.938. The van der Waals surface area contributed by atoms with Gasteiger partial charge in [0.05, 0.1) is 6.20 Å². The maximum absolute atomic E-state index is 12.5. The summed E-state index contributed by atoms with van der Waals surface area (Å²) in [6.45, 7) is 1.53. The molecule has 0 amide bonds. The highest BCUT2D eigenvalue weighted by Crippen LogP contribution is 2.35. The highest BCUT2D eigenvalue weighted by atomic mass is 32.1. The third kappa shape index (κ3) is 3.46. The van der Waals surface area contributed by atoms with E-state index in [9.17, 15) is 13.2 Å². The fourth-order valence-corrected chi connectivity index (χ4v) is 3.09. The average Bonchev–Trinajstić information content (AvgIpc) is 2.98. The molecule has 2 aromatic rings. The van der Waals surface area contributed by atoms with Crippen LogP contribution in [0.15, 0.2) is 24.7 Å². The van der Waals surface area contributed by atoms with Gasteiger partial charge in [0.25, 0.3) is 0 Å². The topological polar surface area (TPSA) is 53.9 Å². The van der Waals surface area contributed by atoms with Gasteiger partial charge in [-0.05, 0) is 18.9 Å². The largest absolute Gasteiger partial charge is 0.427 e. The lowest BCUT2D eigenvalue weighted by atomic mass is 10.1. The molecule has 1 N–H and O–H groups in total. The van der Waals surface area contributed by atoms with Gasteiger partial charge in [-0.3, -0.25) is 0 Å². The van der Waals surface area contributed by atoms with Crippen LogP contribution in [0.25, 0.3) is 0 Å². The Morgan fingerprint density at radius 2 is 1.82 bits per heavy atom. The number of hydrogen-bond donors (Lipinski definition) is 1. The molecule has 0 radical (unpaired) electrons. The van der Waals surface area contributed by atoms with Crippen molar-refractivity contribution in [1.82, 2.24) is 15.0 Å². The highest BCUT2D eigenvalue weighted by Gasteiger charge is 2.33. The zero-order valence-electron chi connectivity index (χ0n) is 11.5. The van der Waals surface area contributed by atoms with Crippen molar-refractivity contribution in [2.24, 2.45) is 0 Å². The van der Waals surface area contributed by atoms with Crippen LogP contribution in [0.5, 0.6) is 0 Å². The zero-order valence-corrected chi connectivity index (χ0v) is 12.4. The molecule has 1 aliphatic heterocycles. The Morgan fingerprint density at radius 1 is 1.14 bits per heavy atom. The van der Waals surface area contributed by atoms with Gasteiger partial charge in [-0.15, -0.1) is 0 Å². The molecule has 0 aliphatic carbocycles. The summed E-state index contributed by atoms with van der Waals surface area (Å²) in [6.07, 6.45) is 1.55. The van der Waals surface area contributed by atoms with Gasteiger partial charge in [-0.25, -0.2) is 15.0 Å². The fraction of sp³-hybridized carbons (Fsp3) is 0.462. The van der Waals surface area contributed by atoms with Gasteiger partial charge in [0.1, 0.15) is 4.88 Å². The van der Waals surface area contributed by atoms with Crippen LogP contribution in [0.1, 0.15) is 17.7 Å². The first-order valence-electron chi connectivity index (χ1n) is 6.84. The van der Waals surface area contributed by atoms with Gasteiger partial charge in [0, 0.05) is 31.5 Å². The van der Waals surface area contributed by atoms with Crippen molar-refractivity contribution in [1.29, 1.82) is 0 Å². The smallest absolute Gasteiger partial charge is 0.359 e. The summed E-state index contributed by atoms with van der Waals surface area (Å²) in [5, 5.41) is 3.41. The lowest BCUT2D eigenvalue weighted by Crippen LogP contribution is -2.39. The van der Waals surface area contributed by atoms with Gasteiger partial charge >= 0.3 is 6.18 Å². The van der Waals surface area contributed by atoms with Crippen molar-refractivity contribution >= 4 is 22.4 Å². The van der Waals surface area contributed by atoms with E-state index < -0.39 is 11.1 Å². The first-order valence-corrected chi connectivity index (χ1v) is 7.65. The standard InChI is InChI=1S/C13H14F3N5S/c14-13(15,16)10-8-19-12(22-10)20-9-2-6-21(7-3-9)11-17-4-1-5-18-11/h1,4-5,8-9H,2-3,6-7H2,(H,19,20). The first-order chi connectivity index (χ1) is 10.5. The second-order valence-corrected chi connectivity index (χ2v) is 6.01. The minimum atomic E-state index is -4.33. The highest BCUT2D eigenvalue weighted by molar-refractivity contribution is 7.15. The van der Waals surface area contributed by atoms with Crippen molar-refractivity contribution in [3.63, 3.8) is 0 Å². The van der Waals surface area contributed by atoms with Crippen LogP contribution in [0.4, 0.5) is 24.3 Å². The molecule has 2 aromatic heterocycles. The van der Waals surface area contributed by atoms with Crippen molar-refractivity contribution in [3.8, 4) is 0 Å². The van der Waals surface area contributed by atoms with Gasteiger partial charge < -0.3 is 10.2 Å². The average molecular weight is 329 g/mol. The van der Waals surface area contributed by atoms with Crippen LogP contribution in [0.2, 0.25) is 0 Å². The van der Waals surface area contributed by atoms with E-state index in [1.54, 1.807) is 18.5 Å². The zero-order chi connectivity index (χ0) is 15.6. The lowest BCUT2D eigenvalue weighted by molar-refractivity contribution is -0.134. The molecule has 0 spiro atoms. The van der Waals surface area contributed by atoms with Gasteiger partial charge in [0.2, 0.25) is 5.95 Å². The molecule has 118 valence electrons. The van der Waals surface area contributed by atoms with Crippen molar-refractivity contribution in [2.45, 2.75) is 25.1 Å². The first kappa shape index (κ1) is 15.0. The summed E-state index contributed by atoms with van der Waals surface area (Å²) in [4.78, 5) is 13.6. The van der Waals surface area contributed by atoms with Crippen molar-refractivity contribution < 1.29 is 13.2 Å². The number of nitrogens with one attached hydrogen (secondary N) is 1. The Balaban J connectivity index is 1.55. The van der Waals surface area contributed by atoms with Crippen LogP contribution in [0, 0.1) is 0 Å². The molecule has 0 aromatic carbocycles. The van der Waals surface area contributed by atoms with Crippen LogP contribution >= 0.6 is 11.3 Å². The fourth-order valence-electron chi connectivity index (χ4n) is 2.32. The minimum absolute atomic E-state index is 0.118. The molecule has 3 rings (SSSR count). The Kier molecular flexibility index (Phi) is 4.14. The third-order valence-electron chi connectivity index (χ3n) is 3.44. The Bertz CT molecular complexity index is 608. The van der Waals surface area contributed by atoms with Crippen molar-refractivity contribution in [2.75, 3.05) is 23.3 Å². The monoisotopic (exact) mass is 329 g/mol. The molecule has 0 saturated carbocycles. The molecule has 1 aliphatic rings. The van der Waals surface area contributed by atoms with Crippen LogP contribution < -0.4 is 10.2 Å². The Morgan fingerprint density at radius 3 is 2.41 bits per heavy atom. The van der Waals surface area contributed by atoms with Gasteiger partial charge in [-0.2, -0.15) is 13.2 Å². The number of hydrogen-bond acceptors (Lipinski definition) is 6. The molecule has 5 nitrogen and oxygen atoms in total. The van der Waals surface area contributed by atoms with E-state index in [2.05, 4.69) is 25.2 Å². The number of nitrogens with zero attached hydrogens (tertiary/aromatic N) is 4. The molecular weight excluding hydrogens is 315 g/mol. The summed E-state index contributed by atoms with van der Waals surface area (Å²) in [5.41, 5.74) is 0. The van der Waals surface area contributed by atoms with E-state index in [1.165, 1.54) is 0 Å². The van der Waals surface area contributed by atoms with E-state index in [0.29, 0.717) is 22.4 Å². The molecule has 0 unspecified atom stereocenters. The maximum atomic E-state index is 12.5. The third-order valence-corrected chi connectivity index (χ3v) is 4.42. The number of aromatic nitrogens is 3.